The molecule has 1 aromatic rings. The van der Waals surface area contributed by atoms with Gasteiger partial charge >= 0.3 is 0 Å². The molecule has 23 heavy (non-hydrogen) atoms. The third-order valence-electron chi connectivity index (χ3n) is 4.75. The maximum absolute atomic E-state index is 12.2. The standard InChI is InChI=1S/C18H23BrN2O2/c19-14-6-4-5-13(11-14)15-12-16(15)18(23)20-8-7-17(22)21-9-2-1-3-10-21/h4-6,11,15-16H,1-3,7-10,12H2,(H,20,23)/t15-,16+/m0/s1. The molecule has 1 heterocycles. The van der Waals surface area contributed by atoms with Gasteiger partial charge in [-0.2, -0.15) is 0 Å². The summed E-state index contributed by atoms with van der Waals surface area (Å²) in [6, 6.07) is 8.15. The minimum Gasteiger partial charge on any atom is -0.355 e. The molecule has 1 N–H and O–H groups in total. The zero-order valence-electron chi connectivity index (χ0n) is 13.3. The molecule has 0 radical (unpaired) electrons. The van der Waals surface area contributed by atoms with Gasteiger partial charge in [0.1, 0.15) is 0 Å². The largest absolute Gasteiger partial charge is 0.355 e. The Morgan fingerprint density at radius 1 is 1.22 bits per heavy atom. The molecule has 4 nitrogen and oxygen atoms in total. The van der Waals surface area contributed by atoms with Crippen molar-refractivity contribution in [3.63, 3.8) is 0 Å². The summed E-state index contributed by atoms with van der Waals surface area (Å²) in [6.45, 7) is 2.20. The van der Waals surface area contributed by atoms with Crippen LogP contribution < -0.4 is 5.32 Å². The first-order valence-corrected chi connectivity index (χ1v) is 9.25. The van der Waals surface area contributed by atoms with Crippen LogP contribution in [-0.2, 0) is 9.59 Å². The van der Waals surface area contributed by atoms with Gasteiger partial charge in [-0.25, -0.2) is 0 Å². The van der Waals surface area contributed by atoms with Gasteiger partial charge in [0.25, 0.3) is 0 Å². The summed E-state index contributed by atoms with van der Waals surface area (Å²) in [5, 5.41) is 2.93. The van der Waals surface area contributed by atoms with Crippen LogP contribution in [0.3, 0.4) is 0 Å². The number of carbonyl (C=O) groups excluding carboxylic acids is 2. The highest BCUT2D eigenvalue weighted by molar-refractivity contribution is 9.10. The van der Waals surface area contributed by atoms with Crippen LogP contribution in [-0.4, -0.2) is 36.3 Å². The molecule has 0 unspecified atom stereocenters. The molecule has 2 fully saturated rings. The summed E-state index contributed by atoms with van der Waals surface area (Å²) in [5.41, 5.74) is 1.21. The van der Waals surface area contributed by atoms with Gasteiger partial charge in [-0.15, -0.1) is 0 Å². The summed E-state index contributed by atoms with van der Waals surface area (Å²) >= 11 is 3.47. The van der Waals surface area contributed by atoms with Crippen molar-refractivity contribution in [1.29, 1.82) is 0 Å². The number of likely N-dealkylation sites (tertiary alicyclic amines) is 1. The first kappa shape index (κ1) is 16.5. The lowest BCUT2D eigenvalue weighted by atomic mass is 10.1. The SMILES string of the molecule is O=C(NCCC(=O)N1CCCCC1)[C@@H]1C[C@H]1c1cccc(Br)c1. The van der Waals surface area contributed by atoms with Crippen molar-refractivity contribution < 1.29 is 9.59 Å². The molecule has 5 heteroatoms. The van der Waals surface area contributed by atoms with Gasteiger partial charge in [-0.1, -0.05) is 28.1 Å². The highest BCUT2D eigenvalue weighted by Crippen LogP contribution is 2.47. The lowest BCUT2D eigenvalue weighted by molar-refractivity contribution is -0.132. The first-order valence-electron chi connectivity index (χ1n) is 8.46. The number of amides is 2. The molecule has 0 bridgehead atoms. The number of rotatable bonds is 5. The van der Waals surface area contributed by atoms with E-state index in [1.54, 1.807) is 0 Å². The van der Waals surface area contributed by atoms with Crippen LogP contribution in [0.15, 0.2) is 28.7 Å². The van der Waals surface area contributed by atoms with Crippen molar-refractivity contribution >= 4 is 27.7 Å². The van der Waals surface area contributed by atoms with Gasteiger partial charge in [0.2, 0.25) is 11.8 Å². The van der Waals surface area contributed by atoms with Crippen molar-refractivity contribution in [2.75, 3.05) is 19.6 Å². The molecule has 0 aromatic heterocycles. The van der Waals surface area contributed by atoms with Gasteiger partial charge in [0.15, 0.2) is 0 Å². The predicted molar refractivity (Wildman–Crippen MR) is 93.0 cm³/mol. The van der Waals surface area contributed by atoms with Gasteiger partial charge in [0, 0.05) is 36.4 Å². The molecule has 1 aliphatic carbocycles. The zero-order valence-corrected chi connectivity index (χ0v) is 14.8. The van der Waals surface area contributed by atoms with E-state index in [0.717, 1.165) is 36.8 Å². The molecule has 1 saturated heterocycles. The average Bonchev–Trinajstić information content (AvgIpc) is 3.36. The van der Waals surface area contributed by atoms with Crippen LogP contribution in [0.1, 0.15) is 43.6 Å². The minimum absolute atomic E-state index is 0.0642. The van der Waals surface area contributed by atoms with E-state index in [2.05, 4.69) is 33.4 Å². The third-order valence-corrected chi connectivity index (χ3v) is 5.24. The van der Waals surface area contributed by atoms with E-state index in [1.807, 2.05) is 17.0 Å². The Balaban J connectivity index is 1.40. The smallest absolute Gasteiger partial charge is 0.224 e. The van der Waals surface area contributed by atoms with Gasteiger partial charge in [0.05, 0.1) is 0 Å². The Bertz CT molecular complexity index is 584. The summed E-state index contributed by atoms with van der Waals surface area (Å²) in [7, 11) is 0. The van der Waals surface area contributed by atoms with Crippen LogP contribution in [0.4, 0.5) is 0 Å². The predicted octanol–water partition coefficient (Wildman–Crippen LogP) is 3.07. The fraction of sp³-hybridized carbons (Fsp3) is 0.556. The summed E-state index contributed by atoms with van der Waals surface area (Å²) in [6.07, 6.45) is 4.75. The molecule has 1 aromatic carbocycles. The molecule has 3 rings (SSSR count). The second kappa shape index (κ2) is 7.47. The Hall–Kier alpha value is -1.36. The molecular weight excluding hydrogens is 356 g/mol. The van der Waals surface area contributed by atoms with Gasteiger partial charge in [-0.05, 0) is 49.3 Å². The van der Waals surface area contributed by atoms with Crippen LogP contribution in [0.2, 0.25) is 0 Å². The number of hydrogen-bond donors (Lipinski definition) is 1. The number of nitrogens with one attached hydrogen (secondary N) is 1. The number of carbonyl (C=O) groups is 2. The second-order valence-electron chi connectivity index (χ2n) is 6.49. The third kappa shape index (κ3) is 4.34. The van der Waals surface area contributed by atoms with Crippen LogP contribution >= 0.6 is 15.9 Å². The summed E-state index contributed by atoms with van der Waals surface area (Å²) in [4.78, 5) is 26.2. The first-order chi connectivity index (χ1) is 11.1. The van der Waals surface area contributed by atoms with Crippen molar-refractivity contribution in [3.05, 3.63) is 34.3 Å². The number of benzene rings is 1. The highest BCUT2D eigenvalue weighted by Gasteiger charge is 2.43. The molecule has 2 atom stereocenters. The van der Waals surface area contributed by atoms with E-state index in [-0.39, 0.29) is 17.7 Å². The van der Waals surface area contributed by atoms with Crippen molar-refractivity contribution in [1.82, 2.24) is 10.2 Å². The Kier molecular flexibility index (Phi) is 5.36. The zero-order chi connectivity index (χ0) is 16.2. The van der Waals surface area contributed by atoms with Gasteiger partial charge in [-0.3, -0.25) is 9.59 Å². The maximum Gasteiger partial charge on any atom is 0.224 e. The number of halogens is 1. The molecule has 124 valence electrons. The summed E-state index contributed by atoms with van der Waals surface area (Å²) in [5.74, 6) is 0.644. The second-order valence-corrected chi connectivity index (χ2v) is 7.40. The quantitative estimate of drug-likeness (QED) is 0.855. The molecule has 1 aliphatic heterocycles. The fourth-order valence-electron chi connectivity index (χ4n) is 3.32. The van der Waals surface area contributed by atoms with E-state index in [9.17, 15) is 9.59 Å². The monoisotopic (exact) mass is 378 g/mol. The Morgan fingerprint density at radius 2 is 2.00 bits per heavy atom. The van der Waals surface area contributed by atoms with Crippen molar-refractivity contribution in [2.45, 2.75) is 38.0 Å². The Labute approximate surface area is 145 Å². The van der Waals surface area contributed by atoms with Crippen LogP contribution in [0, 0.1) is 5.92 Å². The van der Waals surface area contributed by atoms with E-state index < -0.39 is 0 Å². The normalized spacial score (nSPS) is 23.4. The van der Waals surface area contributed by atoms with Crippen molar-refractivity contribution in [3.8, 4) is 0 Å². The summed E-state index contributed by atoms with van der Waals surface area (Å²) < 4.78 is 1.05. The highest BCUT2D eigenvalue weighted by atomic mass is 79.9. The average molecular weight is 379 g/mol. The number of hydrogen-bond acceptors (Lipinski definition) is 2. The topological polar surface area (TPSA) is 49.4 Å². The molecular formula is C18H23BrN2O2. The van der Waals surface area contributed by atoms with Gasteiger partial charge < -0.3 is 10.2 Å². The molecule has 1 saturated carbocycles. The van der Waals surface area contributed by atoms with Crippen LogP contribution in [0.5, 0.6) is 0 Å². The maximum atomic E-state index is 12.2. The van der Waals surface area contributed by atoms with E-state index in [4.69, 9.17) is 0 Å². The lowest BCUT2D eigenvalue weighted by Crippen LogP contribution is -2.38. The minimum atomic E-state index is 0.0642. The molecule has 2 amide bonds. The van der Waals surface area contributed by atoms with E-state index in [0.29, 0.717) is 18.9 Å². The molecule has 0 spiro atoms. The Morgan fingerprint density at radius 3 is 2.74 bits per heavy atom. The van der Waals surface area contributed by atoms with E-state index >= 15 is 0 Å². The fourth-order valence-corrected chi connectivity index (χ4v) is 3.73. The lowest BCUT2D eigenvalue weighted by Gasteiger charge is -2.26. The number of piperidine rings is 1. The van der Waals surface area contributed by atoms with Crippen molar-refractivity contribution in [2.24, 2.45) is 5.92 Å². The number of nitrogens with zero attached hydrogens (tertiary/aromatic N) is 1. The van der Waals surface area contributed by atoms with Crippen LogP contribution in [0.25, 0.3) is 0 Å². The molecule has 2 aliphatic rings. The van der Waals surface area contributed by atoms with E-state index in [1.165, 1.54) is 12.0 Å².